The first-order valence-corrected chi connectivity index (χ1v) is 9.24. The minimum atomic E-state index is -0.165. The van der Waals surface area contributed by atoms with E-state index >= 15 is 0 Å². The number of carbonyl (C=O) groups excluding carboxylic acids is 1. The van der Waals surface area contributed by atoms with E-state index in [2.05, 4.69) is 15.5 Å². The number of anilines is 2. The Morgan fingerprint density at radius 3 is 2.52 bits per heavy atom. The summed E-state index contributed by atoms with van der Waals surface area (Å²) < 4.78 is 0. The highest BCUT2D eigenvalue weighted by Crippen LogP contribution is 2.16. The summed E-state index contributed by atoms with van der Waals surface area (Å²) in [4.78, 5) is 14.4. The van der Waals surface area contributed by atoms with Crippen LogP contribution in [0.2, 0.25) is 5.02 Å². The summed E-state index contributed by atoms with van der Waals surface area (Å²) in [5.41, 5.74) is 2.31. The molecule has 6 heteroatoms. The monoisotopic (exact) mass is 380 g/mol. The van der Waals surface area contributed by atoms with E-state index in [1.54, 1.807) is 17.0 Å². The van der Waals surface area contributed by atoms with Crippen LogP contribution in [0.25, 0.3) is 0 Å². The van der Waals surface area contributed by atoms with Gasteiger partial charge in [0.1, 0.15) is 5.82 Å². The predicted molar refractivity (Wildman–Crippen MR) is 109 cm³/mol. The van der Waals surface area contributed by atoms with Gasteiger partial charge in [0.25, 0.3) is 5.91 Å². The van der Waals surface area contributed by atoms with Crippen molar-refractivity contribution >= 4 is 29.0 Å². The van der Waals surface area contributed by atoms with Crippen LogP contribution in [0.5, 0.6) is 0 Å². The average molecular weight is 381 g/mol. The molecule has 0 aliphatic carbocycles. The zero-order valence-electron chi connectivity index (χ0n) is 15.1. The number of nitrogens with zero attached hydrogens (tertiary/aromatic N) is 3. The maximum Gasteiger partial charge on any atom is 0.278 e. The first kappa shape index (κ1) is 18.9. The van der Waals surface area contributed by atoms with Crippen molar-refractivity contribution in [2.75, 3.05) is 23.3 Å². The Balaban J connectivity index is 1.60. The van der Waals surface area contributed by atoms with E-state index in [1.807, 2.05) is 61.5 Å². The number of nitrogens with one attached hydrogen (secondary N) is 1. The van der Waals surface area contributed by atoms with Crippen LogP contribution in [0.3, 0.4) is 0 Å². The Labute approximate surface area is 164 Å². The second kappa shape index (κ2) is 9.14. The van der Waals surface area contributed by atoms with Gasteiger partial charge in [-0.2, -0.15) is 0 Å². The van der Waals surface area contributed by atoms with Gasteiger partial charge in [-0.25, -0.2) is 0 Å². The minimum Gasteiger partial charge on any atom is -0.368 e. The summed E-state index contributed by atoms with van der Waals surface area (Å²) in [6.07, 6.45) is 0.820. The van der Waals surface area contributed by atoms with Gasteiger partial charge >= 0.3 is 0 Å². The summed E-state index contributed by atoms with van der Waals surface area (Å²) in [5, 5.41) is 12.2. The molecule has 3 rings (SSSR count). The number of hydrogen-bond donors (Lipinski definition) is 1. The molecular formula is C21H21ClN4O. The normalized spacial score (nSPS) is 10.4. The molecule has 1 amide bonds. The molecular weight excluding hydrogens is 360 g/mol. The van der Waals surface area contributed by atoms with Gasteiger partial charge in [-0.1, -0.05) is 41.9 Å². The highest BCUT2D eigenvalue weighted by molar-refractivity contribution is 6.30. The predicted octanol–water partition coefficient (Wildman–Crippen LogP) is 4.45. The molecule has 0 saturated carbocycles. The average Bonchev–Trinajstić information content (AvgIpc) is 2.70. The number of hydrogen-bond acceptors (Lipinski definition) is 4. The molecule has 2 aromatic carbocycles. The number of para-hydroxylation sites is 1. The van der Waals surface area contributed by atoms with E-state index < -0.39 is 0 Å². The molecule has 5 nitrogen and oxygen atoms in total. The number of aromatic nitrogens is 2. The number of halogens is 1. The highest BCUT2D eigenvalue weighted by atomic mass is 35.5. The van der Waals surface area contributed by atoms with Crippen LogP contribution in [-0.4, -0.2) is 29.2 Å². The van der Waals surface area contributed by atoms with Crippen molar-refractivity contribution in [1.29, 1.82) is 0 Å². The molecule has 1 aromatic heterocycles. The Kier molecular flexibility index (Phi) is 6.39. The van der Waals surface area contributed by atoms with Crippen molar-refractivity contribution in [1.82, 2.24) is 10.2 Å². The third kappa shape index (κ3) is 5.05. The molecule has 0 fully saturated rings. The summed E-state index contributed by atoms with van der Waals surface area (Å²) >= 11 is 5.99. The molecule has 1 heterocycles. The fourth-order valence-electron chi connectivity index (χ4n) is 2.76. The molecule has 0 bridgehead atoms. The molecule has 0 radical (unpaired) electrons. The molecule has 0 unspecified atom stereocenters. The molecule has 27 heavy (non-hydrogen) atoms. The van der Waals surface area contributed by atoms with Crippen LogP contribution in [-0.2, 0) is 6.42 Å². The first-order valence-electron chi connectivity index (χ1n) is 8.86. The Morgan fingerprint density at radius 1 is 1.04 bits per heavy atom. The summed E-state index contributed by atoms with van der Waals surface area (Å²) in [7, 11) is 0. The highest BCUT2D eigenvalue weighted by Gasteiger charge is 2.17. The molecule has 0 saturated heterocycles. The number of carbonyl (C=O) groups is 1. The molecule has 0 aliphatic heterocycles. The van der Waals surface area contributed by atoms with E-state index in [1.165, 1.54) is 0 Å². The lowest BCUT2D eigenvalue weighted by Crippen LogP contribution is -2.31. The number of benzene rings is 2. The minimum absolute atomic E-state index is 0.165. The van der Waals surface area contributed by atoms with E-state index in [0.29, 0.717) is 24.6 Å². The van der Waals surface area contributed by atoms with E-state index in [9.17, 15) is 4.79 Å². The zero-order chi connectivity index (χ0) is 19.1. The lowest BCUT2D eigenvalue weighted by molar-refractivity contribution is 0.0982. The first-order chi connectivity index (χ1) is 13.2. The van der Waals surface area contributed by atoms with Gasteiger partial charge in [-0.05, 0) is 55.3 Å². The smallest absolute Gasteiger partial charge is 0.278 e. The molecule has 138 valence electrons. The van der Waals surface area contributed by atoms with Gasteiger partial charge in [0, 0.05) is 23.8 Å². The Hall–Kier alpha value is -2.92. The largest absolute Gasteiger partial charge is 0.368 e. The fraction of sp³-hybridized carbons (Fsp3) is 0.190. The van der Waals surface area contributed by atoms with Crippen molar-refractivity contribution in [3.8, 4) is 0 Å². The second-order valence-corrected chi connectivity index (χ2v) is 6.43. The molecule has 1 N–H and O–H groups in total. The van der Waals surface area contributed by atoms with Crippen LogP contribution in [0.4, 0.5) is 11.5 Å². The van der Waals surface area contributed by atoms with Gasteiger partial charge < -0.3 is 10.2 Å². The lowest BCUT2D eigenvalue weighted by Gasteiger charge is -2.20. The van der Waals surface area contributed by atoms with Gasteiger partial charge in [-0.15, -0.1) is 10.2 Å². The van der Waals surface area contributed by atoms with Gasteiger partial charge in [-0.3, -0.25) is 4.79 Å². The Morgan fingerprint density at radius 2 is 1.85 bits per heavy atom. The quantitative estimate of drug-likeness (QED) is 0.657. The Bertz CT molecular complexity index is 884. The van der Waals surface area contributed by atoms with Crippen LogP contribution in [0, 0.1) is 0 Å². The van der Waals surface area contributed by atoms with Crippen LogP contribution < -0.4 is 10.2 Å². The van der Waals surface area contributed by atoms with Crippen LogP contribution in [0.15, 0.2) is 66.7 Å². The lowest BCUT2D eigenvalue weighted by atomic mass is 10.1. The third-order valence-corrected chi connectivity index (χ3v) is 4.36. The van der Waals surface area contributed by atoms with E-state index in [0.717, 1.165) is 22.7 Å². The number of rotatable bonds is 7. The van der Waals surface area contributed by atoms with Gasteiger partial charge in [0.05, 0.1) is 0 Å². The molecule has 0 spiro atoms. The van der Waals surface area contributed by atoms with Crippen LogP contribution >= 0.6 is 11.6 Å². The molecule has 0 aliphatic rings. The SMILES string of the molecule is CCN(C(=O)c1ccc(NCCc2cccc(Cl)c2)nn1)c1ccccc1. The third-order valence-electron chi connectivity index (χ3n) is 4.12. The second-order valence-electron chi connectivity index (χ2n) is 6.00. The van der Waals surface area contributed by atoms with Crippen LogP contribution in [0.1, 0.15) is 23.0 Å². The maximum absolute atomic E-state index is 12.7. The van der Waals surface area contributed by atoms with Gasteiger partial charge in [0.15, 0.2) is 5.69 Å². The van der Waals surface area contributed by atoms with Crippen molar-refractivity contribution in [3.63, 3.8) is 0 Å². The summed E-state index contributed by atoms with van der Waals surface area (Å²) in [5.74, 6) is 0.470. The van der Waals surface area contributed by atoms with Crippen molar-refractivity contribution in [3.05, 3.63) is 83.0 Å². The fourth-order valence-corrected chi connectivity index (χ4v) is 2.97. The van der Waals surface area contributed by atoms with Crippen molar-refractivity contribution in [2.45, 2.75) is 13.3 Å². The topological polar surface area (TPSA) is 58.1 Å². The summed E-state index contributed by atoms with van der Waals surface area (Å²) in [6, 6.07) is 20.8. The van der Waals surface area contributed by atoms with Crippen molar-refractivity contribution in [2.24, 2.45) is 0 Å². The molecule has 3 aromatic rings. The van der Waals surface area contributed by atoms with Crippen molar-refractivity contribution < 1.29 is 4.79 Å². The molecule has 0 atom stereocenters. The zero-order valence-corrected chi connectivity index (χ0v) is 15.9. The summed E-state index contributed by atoms with van der Waals surface area (Å²) in [6.45, 7) is 3.20. The van der Waals surface area contributed by atoms with E-state index in [4.69, 9.17) is 11.6 Å². The standard InChI is InChI=1S/C21H21ClN4O/c1-2-26(18-9-4-3-5-10-18)21(27)19-11-12-20(25-24-19)23-14-13-16-7-6-8-17(22)15-16/h3-12,15H,2,13-14H2,1H3,(H,23,25). The van der Waals surface area contributed by atoms with E-state index in [-0.39, 0.29) is 5.91 Å². The number of amides is 1. The maximum atomic E-state index is 12.7. The van der Waals surface area contributed by atoms with Gasteiger partial charge in [0.2, 0.25) is 0 Å².